The Morgan fingerprint density at radius 1 is 1.06 bits per heavy atom. The van der Waals surface area contributed by atoms with Crippen LogP contribution in [0.25, 0.3) is 10.9 Å². The molecule has 0 bridgehead atoms. The van der Waals surface area contributed by atoms with Gasteiger partial charge in [-0.3, -0.25) is 29.8 Å². The minimum atomic E-state index is -0.527. The number of aromatic nitrogens is 2. The Balaban J connectivity index is 1.60. The second kappa shape index (κ2) is 12.1. The number of benzene rings is 2. The molecule has 2 N–H and O–H groups in total. The van der Waals surface area contributed by atoms with E-state index in [4.69, 9.17) is 27.9 Å². The fourth-order valence-corrected chi connectivity index (χ4v) is 4.01. The molecule has 0 fully saturated rings. The van der Waals surface area contributed by atoms with Crippen molar-refractivity contribution in [2.75, 3.05) is 12.4 Å². The molecule has 0 unspecified atom stereocenters. The number of halogens is 2. The largest absolute Gasteiger partial charge is 0.484 e. The molecule has 3 aromatic rings. The highest BCUT2D eigenvalue weighted by atomic mass is 35.5. The number of hydrazine groups is 1. The summed E-state index contributed by atoms with van der Waals surface area (Å²) in [6.45, 7) is 4.33. The number of nitrogens with one attached hydrogen (secondary N) is 2. The number of hydrogen-bond donors (Lipinski definition) is 2. The van der Waals surface area contributed by atoms with Gasteiger partial charge < -0.3 is 4.74 Å². The standard InChI is InChI=1S/C23H24Cl2N4O4S/c1-14(2)9-10-29-22(32)18-8-5-16(25)11-19(18)26-23(29)34-13-21(31)28-27-20(30)12-33-17-6-3-15(24)4-7-17/h3-8,11,14H,9-10,12-13H2,1-2H3,(H,27,30)(H,28,31). The van der Waals surface area contributed by atoms with Crippen LogP contribution < -0.4 is 21.1 Å². The van der Waals surface area contributed by atoms with Crippen molar-refractivity contribution in [3.05, 3.63) is 62.9 Å². The van der Waals surface area contributed by atoms with Gasteiger partial charge in [0.05, 0.1) is 16.7 Å². The third kappa shape index (κ3) is 7.38. The van der Waals surface area contributed by atoms with Gasteiger partial charge in [-0.25, -0.2) is 4.98 Å². The minimum absolute atomic E-state index is 0.0570. The zero-order chi connectivity index (χ0) is 24.7. The Hall–Kier alpha value is -2.75. The molecule has 1 aromatic heterocycles. The van der Waals surface area contributed by atoms with Gasteiger partial charge in [-0.15, -0.1) is 0 Å². The predicted molar refractivity (Wildman–Crippen MR) is 134 cm³/mol. The zero-order valence-corrected chi connectivity index (χ0v) is 21.0. The van der Waals surface area contributed by atoms with E-state index in [9.17, 15) is 14.4 Å². The highest BCUT2D eigenvalue weighted by Crippen LogP contribution is 2.21. The molecule has 0 saturated heterocycles. The van der Waals surface area contributed by atoms with Crippen LogP contribution in [0.2, 0.25) is 10.0 Å². The van der Waals surface area contributed by atoms with Gasteiger partial charge in [0.1, 0.15) is 5.75 Å². The predicted octanol–water partition coefficient (Wildman–Crippen LogP) is 4.07. The number of rotatable bonds is 9. The van der Waals surface area contributed by atoms with Crippen molar-refractivity contribution in [1.82, 2.24) is 20.4 Å². The zero-order valence-electron chi connectivity index (χ0n) is 18.6. The van der Waals surface area contributed by atoms with Crippen molar-refractivity contribution >= 4 is 57.7 Å². The molecule has 0 aliphatic heterocycles. The summed E-state index contributed by atoms with van der Waals surface area (Å²) in [6, 6.07) is 11.5. The summed E-state index contributed by atoms with van der Waals surface area (Å²) in [4.78, 5) is 41.8. The molecule has 0 radical (unpaired) electrons. The molecule has 11 heteroatoms. The van der Waals surface area contributed by atoms with E-state index >= 15 is 0 Å². The number of carbonyl (C=O) groups is 2. The fraction of sp³-hybridized carbons (Fsp3) is 0.304. The summed E-state index contributed by atoms with van der Waals surface area (Å²) in [5, 5.41) is 1.90. The van der Waals surface area contributed by atoms with Gasteiger partial charge in [0.25, 0.3) is 11.5 Å². The smallest absolute Gasteiger partial charge is 0.276 e. The van der Waals surface area contributed by atoms with E-state index in [1.165, 1.54) is 0 Å². The molecule has 0 saturated carbocycles. The summed E-state index contributed by atoms with van der Waals surface area (Å²) >= 11 is 13.0. The van der Waals surface area contributed by atoms with Crippen LogP contribution in [0.5, 0.6) is 5.75 Å². The topological polar surface area (TPSA) is 102 Å². The quantitative estimate of drug-likeness (QED) is 0.249. The molecule has 3 rings (SSSR count). The number of thioether (sulfide) groups is 1. The SMILES string of the molecule is CC(C)CCn1c(SCC(=O)NNC(=O)COc2ccc(Cl)cc2)nc2cc(Cl)ccc2c1=O. The van der Waals surface area contributed by atoms with Crippen LogP contribution in [-0.2, 0) is 16.1 Å². The third-order valence-corrected chi connectivity index (χ3v) is 6.13. The lowest BCUT2D eigenvalue weighted by molar-refractivity contribution is -0.128. The van der Waals surface area contributed by atoms with Crippen LogP contribution in [0.3, 0.4) is 0 Å². The molecule has 2 amide bonds. The van der Waals surface area contributed by atoms with Gasteiger partial charge in [0, 0.05) is 16.6 Å². The molecule has 1 heterocycles. The first kappa shape index (κ1) is 25.9. The Labute approximate surface area is 211 Å². The van der Waals surface area contributed by atoms with Crippen molar-refractivity contribution in [1.29, 1.82) is 0 Å². The minimum Gasteiger partial charge on any atom is -0.484 e. The number of fused-ring (bicyclic) bond motifs is 1. The maximum atomic E-state index is 13.0. The van der Waals surface area contributed by atoms with Crippen molar-refractivity contribution < 1.29 is 14.3 Å². The van der Waals surface area contributed by atoms with Gasteiger partial charge in [-0.2, -0.15) is 0 Å². The molecule has 34 heavy (non-hydrogen) atoms. The molecule has 2 aromatic carbocycles. The molecular weight excluding hydrogens is 499 g/mol. The molecule has 0 aliphatic carbocycles. The lowest BCUT2D eigenvalue weighted by Gasteiger charge is -2.14. The Bertz CT molecular complexity index is 1230. The van der Waals surface area contributed by atoms with Gasteiger partial charge in [0.15, 0.2) is 11.8 Å². The van der Waals surface area contributed by atoms with Crippen LogP contribution in [0.15, 0.2) is 52.4 Å². The Morgan fingerprint density at radius 3 is 2.44 bits per heavy atom. The number of nitrogens with zero attached hydrogens (tertiary/aromatic N) is 2. The third-order valence-electron chi connectivity index (χ3n) is 4.67. The summed E-state index contributed by atoms with van der Waals surface area (Å²) in [5.41, 5.74) is 4.91. The van der Waals surface area contributed by atoms with Gasteiger partial charge in [-0.05, 0) is 54.8 Å². The van der Waals surface area contributed by atoms with Crippen LogP contribution in [0.4, 0.5) is 0 Å². The number of carbonyl (C=O) groups excluding carboxylic acids is 2. The summed E-state index contributed by atoms with van der Waals surface area (Å²) in [6.07, 6.45) is 0.782. The second-order valence-electron chi connectivity index (χ2n) is 7.82. The lowest BCUT2D eigenvalue weighted by atomic mass is 10.1. The molecular formula is C23H24Cl2N4O4S. The average molecular weight is 523 g/mol. The fourth-order valence-electron chi connectivity index (χ4n) is 2.89. The van der Waals surface area contributed by atoms with E-state index in [0.717, 1.165) is 18.2 Å². The van der Waals surface area contributed by atoms with E-state index in [1.807, 2.05) is 0 Å². The Morgan fingerprint density at radius 2 is 1.74 bits per heavy atom. The lowest BCUT2D eigenvalue weighted by Crippen LogP contribution is -2.44. The summed E-state index contributed by atoms with van der Waals surface area (Å²) in [5.74, 6) is -0.178. The van der Waals surface area contributed by atoms with E-state index in [-0.39, 0.29) is 17.9 Å². The van der Waals surface area contributed by atoms with Crippen LogP contribution >= 0.6 is 35.0 Å². The molecule has 0 aliphatic rings. The van der Waals surface area contributed by atoms with E-state index in [2.05, 4.69) is 29.7 Å². The monoisotopic (exact) mass is 522 g/mol. The highest BCUT2D eigenvalue weighted by molar-refractivity contribution is 7.99. The van der Waals surface area contributed by atoms with Gasteiger partial charge in [-0.1, -0.05) is 48.8 Å². The first-order chi connectivity index (χ1) is 16.2. The molecule has 0 spiro atoms. The average Bonchev–Trinajstić information content (AvgIpc) is 2.80. The van der Waals surface area contributed by atoms with E-state index in [0.29, 0.717) is 44.3 Å². The van der Waals surface area contributed by atoms with Gasteiger partial charge in [0.2, 0.25) is 5.91 Å². The van der Waals surface area contributed by atoms with Crippen molar-refractivity contribution in [3.63, 3.8) is 0 Å². The normalized spacial score (nSPS) is 11.0. The van der Waals surface area contributed by atoms with Crippen LogP contribution in [0, 0.1) is 5.92 Å². The van der Waals surface area contributed by atoms with Crippen LogP contribution in [0.1, 0.15) is 20.3 Å². The Kier molecular flexibility index (Phi) is 9.20. The molecule has 8 nitrogen and oxygen atoms in total. The first-order valence-electron chi connectivity index (χ1n) is 10.5. The highest BCUT2D eigenvalue weighted by Gasteiger charge is 2.15. The maximum absolute atomic E-state index is 13.0. The number of hydrogen-bond acceptors (Lipinski definition) is 6. The van der Waals surface area contributed by atoms with Crippen molar-refractivity contribution in [3.8, 4) is 5.75 Å². The van der Waals surface area contributed by atoms with Crippen molar-refractivity contribution in [2.24, 2.45) is 5.92 Å². The van der Waals surface area contributed by atoms with E-state index in [1.54, 1.807) is 47.0 Å². The summed E-state index contributed by atoms with van der Waals surface area (Å²) in [7, 11) is 0. The maximum Gasteiger partial charge on any atom is 0.276 e. The summed E-state index contributed by atoms with van der Waals surface area (Å²) < 4.78 is 6.90. The molecule has 180 valence electrons. The first-order valence-corrected chi connectivity index (χ1v) is 12.3. The van der Waals surface area contributed by atoms with E-state index < -0.39 is 11.8 Å². The molecule has 0 atom stereocenters. The number of ether oxygens (including phenoxy) is 1. The van der Waals surface area contributed by atoms with Crippen LogP contribution in [-0.4, -0.2) is 33.7 Å². The second-order valence-corrected chi connectivity index (χ2v) is 9.64. The van der Waals surface area contributed by atoms with Gasteiger partial charge >= 0.3 is 0 Å². The van der Waals surface area contributed by atoms with Crippen molar-refractivity contribution in [2.45, 2.75) is 32.0 Å². The number of amides is 2.